The molecule has 18 heavy (non-hydrogen) atoms. The number of nitro groups is 1. The monoisotopic (exact) mass is 262 g/mol. The van der Waals surface area contributed by atoms with Crippen molar-refractivity contribution in [3.8, 4) is 0 Å². The molecule has 0 bridgehead atoms. The lowest BCUT2D eigenvalue weighted by molar-refractivity contribution is -0.384. The first kappa shape index (κ1) is 12.2. The van der Waals surface area contributed by atoms with Gasteiger partial charge < -0.3 is 0 Å². The topological polar surface area (TPSA) is 80.4 Å². The van der Waals surface area contributed by atoms with Crippen molar-refractivity contribution in [1.82, 2.24) is 4.98 Å². The van der Waals surface area contributed by atoms with Crippen LogP contribution in [0.4, 0.5) is 11.5 Å². The molecule has 0 atom stereocenters. The van der Waals surface area contributed by atoms with E-state index in [0.29, 0.717) is 11.5 Å². The highest BCUT2D eigenvalue weighted by molar-refractivity contribution is 7.12. The maximum Gasteiger partial charge on any atom is 0.280 e. The van der Waals surface area contributed by atoms with Crippen LogP contribution in [-0.4, -0.2) is 15.6 Å². The lowest BCUT2D eigenvalue weighted by Gasteiger charge is -1.99. The zero-order valence-electron chi connectivity index (χ0n) is 9.53. The van der Waals surface area contributed by atoms with Crippen LogP contribution in [0.3, 0.4) is 0 Å². The molecule has 0 aliphatic carbocycles. The zero-order chi connectivity index (χ0) is 13.0. The molecule has 0 aliphatic heterocycles. The van der Waals surface area contributed by atoms with Crippen LogP contribution in [0.5, 0.6) is 0 Å². The minimum atomic E-state index is -0.417. The van der Waals surface area contributed by atoms with Crippen molar-refractivity contribution < 1.29 is 4.92 Å². The van der Waals surface area contributed by atoms with Gasteiger partial charge in [0, 0.05) is 12.3 Å². The van der Waals surface area contributed by atoms with Crippen molar-refractivity contribution in [2.75, 3.05) is 5.43 Å². The molecular formula is C11H10N4O2S. The summed E-state index contributed by atoms with van der Waals surface area (Å²) in [7, 11) is 0. The molecule has 0 aromatic carbocycles. The van der Waals surface area contributed by atoms with E-state index in [-0.39, 0.29) is 5.69 Å². The van der Waals surface area contributed by atoms with Crippen molar-refractivity contribution in [3.05, 3.63) is 50.8 Å². The summed E-state index contributed by atoms with van der Waals surface area (Å²) in [6.45, 7) is 1.78. The molecule has 0 amide bonds. The molecule has 0 saturated heterocycles. The van der Waals surface area contributed by atoms with E-state index in [4.69, 9.17) is 0 Å². The van der Waals surface area contributed by atoms with Crippen molar-refractivity contribution in [3.63, 3.8) is 0 Å². The van der Waals surface area contributed by atoms with Gasteiger partial charge in [0.1, 0.15) is 5.82 Å². The number of rotatable bonds is 4. The van der Waals surface area contributed by atoms with Crippen LogP contribution >= 0.6 is 11.3 Å². The zero-order valence-corrected chi connectivity index (χ0v) is 10.3. The second kappa shape index (κ2) is 5.37. The molecule has 2 rings (SSSR count). The molecule has 0 aliphatic rings. The second-order valence-corrected chi connectivity index (χ2v) is 4.36. The van der Waals surface area contributed by atoms with Gasteiger partial charge in [-0.3, -0.25) is 15.5 Å². The molecule has 7 heteroatoms. The summed E-state index contributed by atoms with van der Waals surface area (Å²) in [6.07, 6.45) is 1.66. The third-order valence-electron chi connectivity index (χ3n) is 2.16. The van der Waals surface area contributed by atoms with E-state index in [1.807, 2.05) is 12.1 Å². The van der Waals surface area contributed by atoms with E-state index in [1.54, 1.807) is 19.2 Å². The van der Waals surface area contributed by atoms with Gasteiger partial charge in [-0.15, -0.1) is 11.3 Å². The quantitative estimate of drug-likeness (QED) is 0.522. The Morgan fingerprint density at radius 1 is 1.56 bits per heavy atom. The highest BCUT2D eigenvalue weighted by Gasteiger charge is 2.10. The van der Waals surface area contributed by atoms with E-state index in [9.17, 15) is 10.1 Å². The second-order valence-electron chi connectivity index (χ2n) is 3.45. The van der Waals surface area contributed by atoms with Crippen LogP contribution in [0.25, 0.3) is 0 Å². The molecule has 1 N–H and O–H groups in total. The molecule has 0 unspecified atom stereocenters. The number of nitrogens with zero attached hydrogens (tertiary/aromatic N) is 3. The van der Waals surface area contributed by atoms with Crippen LogP contribution in [0, 0.1) is 10.1 Å². The Balaban J connectivity index is 2.10. The number of pyridine rings is 1. The van der Waals surface area contributed by atoms with Gasteiger partial charge in [-0.25, -0.2) is 4.98 Å². The fourth-order valence-electron chi connectivity index (χ4n) is 1.24. The molecule has 0 saturated carbocycles. The number of thiophene rings is 1. The highest BCUT2D eigenvalue weighted by atomic mass is 32.1. The SMILES string of the molecule is CC(=NNc1ccccn1)c1cc([N+](=O)[O-])cs1. The highest BCUT2D eigenvalue weighted by Crippen LogP contribution is 2.21. The third kappa shape index (κ3) is 2.89. The summed E-state index contributed by atoms with van der Waals surface area (Å²) in [5, 5.41) is 16.2. The van der Waals surface area contributed by atoms with Gasteiger partial charge in [-0.1, -0.05) is 6.07 Å². The molecule has 2 heterocycles. The van der Waals surface area contributed by atoms with Crippen LogP contribution in [0.1, 0.15) is 11.8 Å². The predicted molar refractivity (Wildman–Crippen MR) is 71.0 cm³/mol. The first-order valence-corrected chi connectivity index (χ1v) is 5.99. The van der Waals surface area contributed by atoms with Gasteiger partial charge in [0.2, 0.25) is 0 Å². The Morgan fingerprint density at radius 3 is 3.00 bits per heavy atom. The fraction of sp³-hybridized carbons (Fsp3) is 0.0909. The van der Waals surface area contributed by atoms with E-state index in [2.05, 4.69) is 15.5 Å². The third-order valence-corrected chi connectivity index (χ3v) is 3.18. The molecule has 0 fully saturated rings. The Morgan fingerprint density at radius 2 is 2.39 bits per heavy atom. The Hall–Kier alpha value is -2.28. The Labute approximate surface area is 107 Å². The van der Waals surface area contributed by atoms with Crippen molar-refractivity contribution in [2.24, 2.45) is 5.10 Å². The van der Waals surface area contributed by atoms with E-state index < -0.39 is 4.92 Å². The number of anilines is 1. The van der Waals surface area contributed by atoms with Crippen molar-refractivity contribution in [1.29, 1.82) is 0 Å². The van der Waals surface area contributed by atoms with Crippen molar-refractivity contribution in [2.45, 2.75) is 6.92 Å². The first-order valence-electron chi connectivity index (χ1n) is 5.11. The molecule has 6 nitrogen and oxygen atoms in total. The summed E-state index contributed by atoms with van der Waals surface area (Å²) < 4.78 is 0. The number of nitrogens with one attached hydrogen (secondary N) is 1. The van der Waals surface area contributed by atoms with Gasteiger partial charge in [0.05, 0.1) is 20.9 Å². The van der Waals surface area contributed by atoms with Crippen LogP contribution in [-0.2, 0) is 0 Å². The van der Waals surface area contributed by atoms with E-state index in [0.717, 1.165) is 4.88 Å². The molecule has 0 spiro atoms. The predicted octanol–water partition coefficient (Wildman–Crippen LogP) is 2.89. The summed E-state index contributed by atoms with van der Waals surface area (Å²) in [6, 6.07) is 6.94. The average molecular weight is 262 g/mol. The van der Waals surface area contributed by atoms with E-state index >= 15 is 0 Å². The summed E-state index contributed by atoms with van der Waals surface area (Å²) >= 11 is 1.29. The fourth-order valence-corrected chi connectivity index (χ4v) is 2.04. The largest absolute Gasteiger partial charge is 0.280 e. The minimum Gasteiger partial charge on any atom is -0.261 e. The standard InChI is InChI=1S/C11H10N4O2S/c1-8(10-6-9(7-18-10)15(16)17)13-14-11-4-2-3-5-12-11/h2-7H,1H3,(H,12,14). The summed E-state index contributed by atoms with van der Waals surface area (Å²) in [4.78, 5) is 15.0. The molecule has 92 valence electrons. The van der Waals surface area contributed by atoms with Gasteiger partial charge in [-0.2, -0.15) is 5.10 Å². The lowest BCUT2D eigenvalue weighted by atomic mass is 10.3. The number of hydrogen-bond acceptors (Lipinski definition) is 6. The van der Waals surface area contributed by atoms with E-state index in [1.165, 1.54) is 22.8 Å². The van der Waals surface area contributed by atoms with Crippen LogP contribution in [0.15, 0.2) is 40.9 Å². The maximum absolute atomic E-state index is 10.6. The molecule has 0 radical (unpaired) electrons. The van der Waals surface area contributed by atoms with Gasteiger partial charge in [-0.05, 0) is 19.1 Å². The normalized spacial score (nSPS) is 11.3. The number of hydrazone groups is 1. The molecule has 2 aromatic rings. The van der Waals surface area contributed by atoms with Crippen LogP contribution < -0.4 is 5.43 Å². The van der Waals surface area contributed by atoms with Gasteiger partial charge in [0.15, 0.2) is 0 Å². The minimum absolute atomic E-state index is 0.0855. The maximum atomic E-state index is 10.6. The smallest absolute Gasteiger partial charge is 0.261 e. The lowest BCUT2D eigenvalue weighted by Crippen LogP contribution is -1.98. The van der Waals surface area contributed by atoms with Gasteiger partial charge in [0.25, 0.3) is 5.69 Å². The summed E-state index contributed by atoms with van der Waals surface area (Å²) in [5.74, 6) is 0.628. The Bertz CT molecular complexity index is 580. The van der Waals surface area contributed by atoms with Crippen LogP contribution in [0.2, 0.25) is 0 Å². The number of aromatic nitrogens is 1. The molecule has 2 aromatic heterocycles. The van der Waals surface area contributed by atoms with Crippen molar-refractivity contribution >= 4 is 28.6 Å². The average Bonchev–Trinajstić information content (AvgIpc) is 2.87. The Kier molecular flexibility index (Phi) is 3.63. The van der Waals surface area contributed by atoms with Gasteiger partial charge >= 0.3 is 0 Å². The first-order chi connectivity index (χ1) is 8.66. The molecular weight excluding hydrogens is 252 g/mol. The summed E-state index contributed by atoms with van der Waals surface area (Å²) in [5.41, 5.74) is 3.56. The number of hydrogen-bond donors (Lipinski definition) is 1.